The molecule has 0 radical (unpaired) electrons. The van der Waals surface area contributed by atoms with E-state index in [1.807, 2.05) is 13.8 Å². The molecule has 0 aliphatic carbocycles. The van der Waals surface area contributed by atoms with Gasteiger partial charge < -0.3 is 4.98 Å². The van der Waals surface area contributed by atoms with E-state index in [-0.39, 0.29) is 10.3 Å². The molecule has 25 heavy (non-hydrogen) atoms. The second-order valence-corrected chi connectivity index (χ2v) is 7.26. The third kappa shape index (κ3) is 2.93. The average molecular weight is 412 g/mol. The number of H-pyrrole nitrogens is 1. The van der Waals surface area contributed by atoms with Crippen molar-refractivity contribution in [2.45, 2.75) is 13.8 Å². The van der Waals surface area contributed by atoms with Crippen molar-refractivity contribution in [2.75, 3.05) is 0 Å². The molecule has 7 heteroatoms. The Kier molecular flexibility index (Phi) is 4.82. The lowest BCUT2D eigenvalue weighted by Gasteiger charge is -2.14. The zero-order chi connectivity index (χ0) is 18.5. The molecule has 2 aromatic carbocycles. The van der Waals surface area contributed by atoms with Crippen molar-refractivity contribution >= 4 is 64.0 Å². The highest BCUT2D eigenvalue weighted by molar-refractivity contribution is 7.71. The predicted molar refractivity (Wildman–Crippen MR) is 109 cm³/mol. The normalized spacial score (nSPS) is 11.1. The summed E-state index contributed by atoms with van der Waals surface area (Å²) in [6.45, 7) is 7.49. The number of aryl methyl sites for hydroxylation is 1. The van der Waals surface area contributed by atoms with E-state index in [1.165, 1.54) is 4.57 Å². The quantitative estimate of drug-likeness (QED) is 0.505. The van der Waals surface area contributed by atoms with Gasteiger partial charge in [-0.05, 0) is 55.4 Å². The third-order valence-electron chi connectivity index (χ3n) is 4.11. The molecule has 0 unspecified atom stereocenters. The molecule has 0 aliphatic rings. The number of nitrogens with one attached hydrogen (secondary N) is 1. The molecule has 0 saturated carbocycles. The van der Waals surface area contributed by atoms with E-state index >= 15 is 0 Å². The summed E-state index contributed by atoms with van der Waals surface area (Å²) in [5.41, 5.74) is 3.12. The van der Waals surface area contributed by atoms with E-state index in [4.69, 9.17) is 47.0 Å². The van der Waals surface area contributed by atoms with Gasteiger partial charge in [-0.15, -0.1) is 0 Å². The summed E-state index contributed by atoms with van der Waals surface area (Å²) >= 11 is 24.1. The van der Waals surface area contributed by atoms with Crippen LogP contribution in [0, 0.1) is 18.6 Å². The number of hydrogen-bond donors (Lipinski definition) is 1. The fourth-order valence-corrected chi connectivity index (χ4v) is 3.70. The molecule has 128 valence electrons. The number of fused-ring (bicyclic) bond motifs is 1. The molecular formula is C18H13Cl3N2OS. The van der Waals surface area contributed by atoms with Crippen LogP contribution in [-0.4, -0.2) is 9.55 Å². The largest absolute Gasteiger partial charge is 0.331 e. The molecule has 0 atom stereocenters. The Hall–Kier alpha value is -1.59. The number of aromatic nitrogens is 2. The molecule has 1 heterocycles. The van der Waals surface area contributed by atoms with Crippen molar-refractivity contribution in [3.63, 3.8) is 0 Å². The Bertz CT molecular complexity index is 1160. The van der Waals surface area contributed by atoms with Gasteiger partial charge in [-0.1, -0.05) is 47.5 Å². The highest BCUT2D eigenvalue weighted by Gasteiger charge is 2.16. The van der Waals surface area contributed by atoms with Crippen molar-refractivity contribution in [2.24, 2.45) is 0 Å². The first-order chi connectivity index (χ1) is 11.8. The van der Waals surface area contributed by atoms with Crippen LogP contribution in [0.25, 0.3) is 22.7 Å². The lowest BCUT2D eigenvalue weighted by atomic mass is 10.0. The van der Waals surface area contributed by atoms with Gasteiger partial charge in [0.05, 0.1) is 21.6 Å². The smallest absolute Gasteiger partial charge is 0.266 e. The summed E-state index contributed by atoms with van der Waals surface area (Å²) in [5.74, 6) is 0. The molecule has 0 spiro atoms. The predicted octanol–water partition coefficient (Wildman–Crippen LogP) is 6.27. The molecule has 3 nitrogen and oxygen atoms in total. The van der Waals surface area contributed by atoms with Gasteiger partial charge in [0, 0.05) is 15.6 Å². The van der Waals surface area contributed by atoms with E-state index in [0.29, 0.717) is 31.7 Å². The van der Waals surface area contributed by atoms with Crippen LogP contribution >= 0.6 is 47.0 Å². The SMILES string of the molecule is C=Cc1c(C)c(Cl)cc2c(=O)n(-c3cc(C)c(Cl)cc3Cl)c(=S)[nH]c12. The van der Waals surface area contributed by atoms with Gasteiger partial charge in [0.1, 0.15) is 0 Å². The zero-order valence-electron chi connectivity index (χ0n) is 13.4. The Morgan fingerprint density at radius 3 is 2.44 bits per heavy atom. The molecule has 0 bridgehead atoms. The first-order valence-corrected chi connectivity index (χ1v) is 8.87. The van der Waals surface area contributed by atoms with E-state index in [0.717, 1.165) is 16.7 Å². The van der Waals surface area contributed by atoms with Crippen LogP contribution in [0.2, 0.25) is 15.1 Å². The fourth-order valence-electron chi connectivity index (χ4n) is 2.73. The van der Waals surface area contributed by atoms with E-state index in [9.17, 15) is 4.79 Å². The maximum atomic E-state index is 13.1. The van der Waals surface area contributed by atoms with E-state index in [2.05, 4.69) is 11.6 Å². The van der Waals surface area contributed by atoms with Gasteiger partial charge in [0.2, 0.25) is 0 Å². The van der Waals surface area contributed by atoms with Crippen molar-refractivity contribution in [3.05, 3.63) is 71.7 Å². The molecular weight excluding hydrogens is 399 g/mol. The lowest BCUT2D eigenvalue weighted by Crippen LogP contribution is -2.21. The first kappa shape index (κ1) is 18.2. The van der Waals surface area contributed by atoms with Crippen molar-refractivity contribution in [3.8, 4) is 5.69 Å². The van der Waals surface area contributed by atoms with Crippen LogP contribution in [0.15, 0.2) is 29.6 Å². The number of halogens is 3. The van der Waals surface area contributed by atoms with E-state index in [1.54, 1.807) is 24.3 Å². The minimum absolute atomic E-state index is 0.228. The van der Waals surface area contributed by atoms with Crippen LogP contribution in [-0.2, 0) is 0 Å². The second kappa shape index (κ2) is 6.61. The van der Waals surface area contributed by atoms with E-state index < -0.39 is 0 Å². The van der Waals surface area contributed by atoms with Crippen LogP contribution in [0.4, 0.5) is 0 Å². The Morgan fingerprint density at radius 2 is 1.80 bits per heavy atom. The summed E-state index contributed by atoms with van der Waals surface area (Å²) in [4.78, 5) is 16.2. The summed E-state index contributed by atoms with van der Waals surface area (Å²) in [6, 6.07) is 4.95. The van der Waals surface area contributed by atoms with Crippen LogP contribution in [0.1, 0.15) is 16.7 Å². The molecule has 0 amide bonds. The summed E-state index contributed by atoms with van der Waals surface area (Å²) in [5, 5.41) is 1.74. The van der Waals surface area contributed by atoms with Gasteiger partial charge in [-0.25, -0.2) is 0 Å². The summed E-state index contributed by atoms with van der Waals surface area (Å²) < 4.78 is 1.58. The minimum Gasteiger partial charge on any atom is -0.331 e. The molecule has 0 aliphatic heterocycles. The first-order valence-electron chi connectivity index (χ1n) is 7.32. The van der Waals surface area contributed by atoms with Crippen LogP contribution in [0.3, 0.4) is 0 Å². The van der Waals surface area contributed by atoms with Gasteiger partial charge in [0.15, 0.2) is 4.77 Å². The Balaban J connectivity index is 2.50. The number of nitrogens with zero attached hydrogens (tertiary/aromatic N) is 1. The second-order valence-electron chi connectivity index (χ2n) is 5.65. The maximum absolute atomic E-state index is 13.1. The van der Waals surface area contributed by atoms with Crippen molar-refractivity contribution in [1.82, 2.24) is 9.55 Å². The maximum Gasteiger partial charge on any atom is 0.266 e. The fraction of sp³-hybridized carbons (Fsp3) is 0.111. The van der Waals surface area contributed by atoms with Crippen molar-refractivity contribution < 1.29 is 0 Å². The van der Waals surface area contributed by atoms with Crippen LogP contribution < -0.4 is 5.56 Å². The summed E-state index contributed by atoms with van der Waals surface area (Å²) in [6.07, 6.45) is 1.65. The number of rotatable bonds is 2. The minimum atomic E-state index is -0.313. The third-order valence-corrected chi connectivity index (χ3v) is 5.50. The van der Waals surface area contributed by atoms with Gasteiger partial charge >= 0.3 is 0 Å². The molecule has 0 fully saturated rings. The van der Waals surface area contributed by atoms with Gasteiger partial charge in [0.25, 0.3) is 5.56 Å². The molecule has 1 aromatic heterocycles. The van der Waals surface area contributed by atoms with Gasteiger partial charge in [-0.2, -0.15) is 0 Å². The number of benzene rings is 2. The average Bonchev–Trinajstić information content (AvgIpc) is 2.55. The molecule has 0 saturated heterocycles. The summed E-state index contributed by atoms with van der Waals surface area (Å²) in [7, 11) is 0. The van der Waals surface area contributed by atoms with Crippen molar-refractivity contribution in [1.29, 1.82) is 0 Å². The zero-order valence-corrected chi connectivity index (χ0v) is 16.5. The topological polar surface area (TPSA) is 37.8 Å². The van der Waals surface area contributed by atoms with Crippen LogP contribution in [0.5, 0.6) is 0 Å². The number of hydrogen-bond acceptors (Lipinski definition) is 2. The standard InChI is InChI=1S/C18H13Cl3N2OS/c1-4-10-9(3)13(20)6-11-16(10)22-18(25)23(17(11)24)15-5-8(2)12(19)7-14(15)21/h4-7H,1H2,2-3H3,(H,22,25). The molecule has 1 N–H and O–H groups in total. The monoisotopic (exact) mass is 410 g/mol. The highest BCUT2D eigenvalue weighted by Crippen LogP contribution is 2.30. The number of aromatic amines is 1. The van der Waals surface area contributed by atoms with Gasteiger partial charge in [-0.3, -0.25) is 9.36 Å². The highest BCUT2D eigenvalue weighted by atomic mass is 35.5. The Morgan fingerprint density at radius 1 is 1.12 bits per heavy atom. The molecule has 3 rings (SSSR count). The Labute approximate surface area is 164 Å². The molecule has 3 aromatic rings. The lowest BCUT2D eigenvalue weighted by molar-refractivity contribution is 0.938.